The predicted molar refractivity (Wildman–Crippen MR) is 103 cm³/mol. The lowest BCUT2D eigenvalue weighted by Gasteiger charge is -2.18. The van der Waals surface area contributed by atoms with E-state index in [1.807, 2.05) is 11.8 Å². The lowest BCUT2D eigenvalue weighted by molar-refractivity contribution is -0.116. The zero-order chi connectivity index (χ0) is 18.7. The van der Waals surface area contributed by atoms with Crippen LogP contribution in [-0.4, -0.2) is 34.4 Å². The quantitative estimate of drug-likeness (QED) is 0.830. The van der Waals surface area contributed by atoms with Crippen LogP contribution in [0.4, 0.5) is 5.69 Å². The van der Waals surface area contributed by atoms with Crippen LogP contribution in [0.3, 0.4) is 0 Å². The fraction of sp³-hybridized carbons (Fsp3) is 0.316. The molecule has 0 unspecified atom stereocenters. The summed E-state index contributed by atoms with van der Waals surface area (Å²) in [7, 11) is 0. The highest BCUT2D eigenvalue weighted by Crippen LogP contribution is 2.22. The fourth-order valence-corrected chi connectivity index (χ4v) is 3.44. The molecule has 0 aliphatic carbocycles. The van der Waals surface area contributed by atoms with Gasteiger partial charge < -0.3 is 14.8 Å². The molecule has 6 nitrogen and oxygen atoms in total. The number of aromatic nitrogens is 1. The standard InChI is InChI=1S/C19H20BrN3O3/c1-13-15(19(26)22-9-2-3-10-22)5-4-6-16(13)21-17(24)12-23-11-14(20)7-8-18(23)25/h4-8,11H,2-3,9-10,12H2,1H3,(H,21,24). The van der Waals surface area contributed by atoms with Crippen LogP contribution in [0, 0.1) is 6.92 Å². The van der Waals surface area contributed by atoms with Crippen LogP contribution in [0.1, 0.15) is 28.8 Å². The molecule has 3 rings (SSSR count). The first-order valence-corrected chi connectivity index (χ1v) is 9.30. The van der Waals surface area contributed by atoms with Crippen molar-refractivity contribution in [3.8, 4) is 0 Å². The van der Waals surface area contributed by atoms with Gasteiger partial charge in [0.1, 0.15) is 6.54 Å². The average Bonchev–Trinajstić information content (AvgIpc) is 3.14. The molecular weight excluding hydrogens is 398 g/mol. The number of hydrogen-bond acceptors (Lipinski definition) is 3. The van der Waals surface area contributed by atoms with E-state index in [1.165, 1.54) is 10.6 Å². The van der Waals surface area contributed by atoms with Gasteiger partial charge in [0.25, 0.3) is 11.5 Å². The highest BCUT2D eigenvalue weighted by atomic mass is 79.9. The summed E-state index contributed by atoms with van der Waals surface area (Å²) in [6.07, 6.45) is 3.63. The summed E-state index contributed by atoms with van der Waals surface area (Å²) in [6, 6.07) is 8.34. The van der Waals surface area contributed by atoms with E-state index < -0.39 is 0 Å². The van der Waals surface area contributed by atoms with E-state index in [4.69, 9.17) is 0 Å². The Kier molecular flexibility index (Phi) is 5.56. The van der Waals surface area contributed by atoms with Crippen molar-refractivity contribution >= 4 is 33.4 Å². The Morgan fingerprint density at radius 2 is 1.88 bits per heavy atom. The minimum absolute atomic E-state index is 0.000640. The van der Waals surface area contributed by atoms with E-state index in [2.05, 4.69) is 21.2 Å². The van der Waals surface area contributed by atoms with E-state index >= 15 is 0 Å². The SMILES string of the molecule is Cc1c(NC(=O)Cn2cc(Br)ccc2=O)cccc1C(=O)N1CCCC1. The number of halogens is 1. The summed E-state index contributed by atoms with van der Waals surface area (Å²) < 4.78 is 2.05. The number of pyridine rings is 1. The highest BCUT2D eigenvalue weighted by Gasteiger charge is 2.22. The Bertz CT molecular complexity index is 901. The van der Waals surface area contributed by atoms with Crippen LogP contribution >= 0.6 is 15.9 Å². The number of nitrogens with zero attached hydrogens (tertiary/aromatic N) is 2. The van der Waals surface area contributed by atoms with Crippen molar-refractivity contribution in [1.29, 1.82) is 0 Å². The smallest absolute Gasteiger partial charge is 0.254 e. The summed E-state index contributed by atoms with van der Waals surface area (Å²) in [5.41, 5.74) is 1.67. The minimum Gasteiger partial charge on any atom is -0.339 e. The van der Waals surface area contributed by atoms with E-state index in [0.29, 0.717) is 11.3 Å². The molecule has 0 atom stereocenters. The number of rotatable bonds is 4. The van der Waals surface area contributed by atoms with Gasteiger partial charge in [-0.3, -0.25) is 14.4 Å². The first kappa shape index (κ1) is 18.4. The molecule has 1 aromatic heterocycles. The number of anilines is 1. The zero-order valence-corrected chi connectivity index (χ0v) is 16.1. The summed E-state index contributed by atoms with van der Waals surface area (Å²) >= 11 is 3.29. The second-order valence-corrected chi connectivity index (χ2v) is 7.25. The molecule has 1 N–H and O–H groups in total. The van der Waals surface area contributed by atoms with Crippen molar-refractivity contribution in [1.82, 2.24) is 9.47 Å². The minimum atomic E-state index is -0.320. The van der Waals surface area contributed by atoms with E-state index in [1.54, 1.807) is 30.5 Å². The third kappa shape index (κ3) is 4.04. The Morgan fingerprint density at radius 1 is 1.15 bits per heavy atom. The zero-order valence-electron chi connectivity index (χ0n) is 14.5. The number of nitrogens with one attached hydrogen (secondary N) is 1. The maximum Gasteiger partial charge on any atom is 0.254 e. The monoisotopic (exact) mass is 417 g/mol. The molecule has 0 saturated carbocycles. The third-order valence-corrected chi connectivity index (χ3v) is 4.96. The molecule has 2 heterocycles. The van der Waals surface area contributed by atoms with Gasteiger partial charge in [-0.25, -0.2) is 0 Å². The van der Waals surface area contributed by atoms with E-state index in [0.717, 1.165) is 36.0 Å². The molecule has 1 aromatic carbocycles. The molecule has 1 aliphatic heterocycles. The lowest BCUT2D eigenvalue weighted by atomic mass is 10.1. The Labute approximate surface area is 159 Å². The Hall–Kier alpha value is -2.41. The summed E-state index contributed by atoms with van der Waals surface area (Å²) in [5, 5.41) is 2.81. The molecule has 26 heavy (non-hydrogen) atoms. The van der Waals surface area contributed by atoms with E-state index in [-0.39, 0.29) is 23.9 Å². The lowest BCUT2D eigenvalue weighted by Crippen LogP contribution is -2.29. The van der Waals surface area contributed by atoms with Crippen molar-refractivity contribution in [2.45, 2.75) is 26.3 Å². The van der Waals surface area contributed by atoms with Gasteiger partial charge in [-0.15, -0.1) is 0 Å². The maximum atomic E-state index is 12.6. The van der Waals surface area contributed by atoms with Gasteiger partial charge in [-0.05, 0) is 59.5 Å². The molecule has 0 radical (unpaired) electrons. The van der Waals surface area contributed by atoms with Crippen molar-refractivity contribution in [2.24, 2.45) is 0 Å². The van der Waals surface area contributed by atoms with E-state index in [9.17, 15) is 14.4 Å². The highest BCUT2D eigenvalue weighted by molar-refractivity contribution is 9.10. The predicted octanol–water partition coefficient (Wildman–Crippen LogP) is 2.79. The van der Waals surface area contributed by atoms with Gasteiger partial charge in [0, 0.05) is 41.1 Å². The molecule has 136 valence electrons. The Morgan fingerprint density at radius 3 is 2.62 bits per heavy atom. The summed E-state index contributed by atoms with van der Waals surface area (Å²) in [4.78, 5) is 38.7. The first-order chi connectivity index (χ1) is 12.5. The molecule has 1 aliphatic rings. The molecule has 0 spiro atoms. The first-order valence-electron chi connectivity index (χ1n) is 8.50. The molecule has 1 fully saturated rings. The Balaban J connectivity index is 1.76. The maximum absolute atomic E-state index is 12.6. The van der Waals surface area contributed by atoms with Gasteiger partial charge in [0.05, 0.1) is 0 Å². The molecular formula is C19H20BrN3O3. The van der Waals surface area contributed by atoms with Gasteiger partial charge in [-0.2, -0.15) is 0 Å². The fourth-order valence-electron chi connectivity index (χ4n) is 3.06. The van der Waals surface area contributed by atoms with Gasteiger partial charge in [0.15, 0.2) is 0 Å². The van der Waals surface area contributed by atoms with Crippen LogP contribution < -0.4 is 10.9 Å². The van der Waals surface area contributed by atoms with Crippen molar-refractivity contribution in [3.63, 3.8) is 0 Å². The van der Waals surface area contributed by atoms with Crippen LogP contribution in [0.2, 0.25) is 0 Å². The van der Waals surface area contributed by atoms with Crippen molar-refractivity contribution < 1.29 is 9.59 Å². The van der Waals surface area contributed by atoms with Crippen LogP contribution in [0.15, 0.2) is 45.8 Å². The largest absolute Gasteiger partial charge is 0.339 e. The van der Waals surface area contributed by atoms with Gasteiger partial charge in [-0.1, -0.05) is 6.07 Å². The molecule has 0 bridgehead atoms. The summed E-state index contributed by atoms with van der Waals surface area (Å²) in [6.45, 7) is 3.29. The normalized spacial score (nSPS) is 13.7. The second-order valence-electron chi connectivity index (χ2n) is 6.34. The average molecular weight is 418 g/mol. The number of amides is 2. The molecule has 2 amide bonds. The number of likely N-dealkylation sites (tertiary alicyclic amines) is 1. The number of benzene rings is 1. The molecule has 2 aromatic rings. The van der Waals surface area contributed by atoms with Gasteiger partial charge in [0.2, 0.25) is 5.91 Å². The van der Waals surface area contributed by atoms with Gasteiger partial charge >= 0.3 is 0 Å². The molecule has 1 saturated heterocycles. The summed E-state index contributed by atoms with van der Waals surface area (Å²) in [5.74, 6) is -0.321. The second kappa shape index (κ2) is 7.86. The number of carbonyl (C=O) groups excluding carboxylic acids is 2. The van der Waals surface area contributed by atoms with Crippen molar-refractivity contribution in [2.75, 3.05) is 18.4 Å². The van der Waals surface area contributed by atoms with Crippen LogP contribution in [-0.2, 0) is 11.3 Å². The topological polar surface area (TPSA) is 71.4 Å². The number of carbonyl (C=O) groups is 2. The van der Waals surface area contributed by atoms with Crippen LogP contribution in [0.25, 0.3) is 0 Å². The number of hydrogen-bond donors (Lipinski definition) is 1. The van der Waals surface area contributed by atoms with Crippen molar-refractivity contribution in [3.05, 3.63) is 62.5 Å². The van der Waals surface area contributed by atoms with Crippen LogP contribution in [0.5, 0.6) is 0 Å². The third-order valence-electron chi connectivity index (χ3n) is 4.49. The molecule has 7 heteroatoms.